The quantitative estimate of drug-likeness (QED) is 0.145. The molecule has 1 aliphatic heterocycles. The number of nitriles is 1. The molecule has 10 nitrogen and oxygen atoms in total. The molecule has 10 heteroatoms. The Morgan fingerprint density at radius 3 is 2.44 bits per heavy atom. The van der Waals surface area contributed by atoms with Crippen molar-refractivity contribution in [3.63, 3.8) is 0 Å². The predicted molar refractivity (Wildman–Crippen MR) is 157 cm³/mol. The van der Waals surface area contributed by atoms with Crippen molar-refractivity contribution in [2.24, 2.45) is 0 Å². The number of fused-ring (bicyclic) bond motifs is 1. The number of carboxylic acids is 1. The first-order chi connectivity index (χ1) is 19.1. The zero-order valence-electron chi connectivity index (χ0n) is 23.7. The van der Waals surface area contributed by atoms with Crippen LogP contribution in [-0.2, 0) is 15.6 Å². The SMILES string of the molecule is C=C(/C=C/C(C#N)=C/C=C1/N(CCC(=O)O)c2cc([N+](=O)[O-])ccc2C1(C)C)C(C)(C)c1c(C)cccc1[N+](=O)[O-]. The summed E-state index contributed by atoms with van der Waals surface area (Å²) in [5.74, 6) is -1.01. The van der Waals surface area contributed by atoms with Crippen molar-refractivity contribution in [1.82, 2.24) is 0 Å². The maximum absolute atomic E-state index is 11.7. The van der Waals surface area contributed by atoms with Gasteiger partial charge in [0.15, 0.2) is 0 Å². The van der Waals surface area contributed by atoms with E-state index in [4.69, 9.17) is 0 Å². The number of aliphatic carboxylic acids is 1. The number of carbonyl (C=O) groups is 1. The van der Waals surface area contributed by atoms with Crippen LogP contribution in [0.25, 0.3) is 0 Å². The molecule has 212 valence electrons. The minimum Gasteiger partial charge on any atom is -0.481 e. The van der Waals surface area contributed by atoms with E-state index in [1.54, 1.807) is 54.3 Å². The monoisotopic (exact) mass is 556 g/mol. The van der Waals surface area contributed by atoms with Crippen LogP contribution in [0.5, 0.6) is 0 Å². The van der Waals surface area contributed by atoms with Crippen molar-refractivity contribution in [3.05, 3.63) is 121 Å². The normalized spacial score (nSPS) is 15.6. The van der Waals surface area contributed by atoms with E-state index < -0.39 is 26.6 Å². The molecule has 1 heterocycles. The van der Waals surface area contributed by atoms with Gasteiger partial charge in [-0.15, -0.1) is 0 Å². The zero-order chi connectivity index (χ0) is 30.7. The van der Waals surface area contributed by atoms with Crippen LogP contribution in [-0.4, -0.2) is 27.5 Å². The minimum atomic E-state index is -1.01. The molecule has 0 fully saturated rings. The first kappa shape index (κ1) is 30.5. The Balaban J connectivity index is 2.01. The van der Waals surface area contributed by atoms with Crippen LogP contribution < -0.4 is 4.90 Å². The second-order valence-corrected chi connectivity index (χ2v) is 10.9. The Labute approximate surface area is 238 Å². The number of benzene rings is 2. The van der Waals surface area contributed by atoms with Gasteiger partial charge in [-0.05, 0) is 47.9 Å². The molecule has 0 atom stereocenters. The lowest BCUT2D eigenvalue weighted by Crippen LogP contribution is -2.28. The van der Waals surface area contributed by atoms with Gasteiger partial charge in [-0.25, -0.2) is 0 Å². The smallest absolute Gasteiger partial charge is 0.305 e. The van der Waals surface area contributed by atoms with Crippen LogP contribution in [0.3, 0.4) is 0 Å². The molecular formula is C31H32N4O6. The third-order valence-electron chi connectivity index (χ3n) is 7.53. The number of non-ortho nitro benzene ring substituents is 1. The van der Waals surface area contributed by atoms with Crippen LogP contribution in [0, 0.1) is 38.5 Å². The summed E-state index contributed by atoms with van der Waals surface area (Å²) >= 11 is 0. The summed E-state index contributed by atoms with van der Waals surface area (Å²) in [5, 5.41) is 42.3. The molecule has 1 N–H and O–H groups in total. The van der Waals surface area contributed by atoms with Gasteiger partial charge in [0.2, 0.25) is 0 Å². The van der Waals surface area contributed by atoms with Crippen molar-refractivity contribution in [3.8, 4) is 6.07 Å². The molecule has 41 heavy (non-hydrogen) atoms. The first-order valence-electron chi connectivity index (χ1n) is 12.9. The fourth-order valence-corrected chi connectivity index (χ4v) is 5.21. The third kappa shape index (κ3) is 6.09. The number of aryl methyl sites for hydroxylation is 1. The van der Waals surface area contributed by atoms with Gasteiger partial charge in [-0.3, -0.25) is 25.0 Å². The van der Waals surface area contributed by atoms with Crippen LogP contribution >= 0.6 is 0 Å². The number of hydrogen-bond acceptors (Lipinski definition) is 7. The minimum absolute atomic E-state index is 0.00458. The molecule has 0 amide bonds. The van der Waals surface area contributed by atoms with E-state index in [1.165, 1.54) is 18.2 Å². The van der Waals surface area contributed by atoms with E-state index >= 15 is 0 Å². The van der Waals surface area contributed by atoms with Gasteiger partial charge >= 0.3 is 5.97 Å². The van der Waals surface area contributed by atoms with Gasteiger partial charge in [-0.2, -0.15) is 5.26 Å². The third-order valence-corrected chi connectivity index (χ3v) is 7.53. The van der Waals surface area contributed by atoms with Crippen molar-refractivity contribution in [2.75, 3.05) is 11.4 Å². The molecule has 3 rings (SSSR count). The summed E-state index contributed by atoms with van der Waals surface area (Å²) in [6.07, 6.45) is 6.36. The second-order valence-electron chi connectivity index (χ2n) is 10.9. The van der Waals surface area contributed by atoms with E-state index in [-0.39, 0.29) is 29.9 Å². The fourth-order valence-electron chi connectivity index (χ4n) is 5.21. The number of nitro benzene ring substituents is 2. The topological polar surface area (TPSA) is 151 Å². The number of hydrogen-bond donors (Lipinski definition) is 1. The average molecular weight is 557 g/mol. The maximum atomic E-state index is 11.7. The highest BCUT2D eigenvalue weighted by Gasteiger charge is 2.41. The summed E-state index contributed by atoms with van der Waals surface area (Å²) in [5.41, 5.74) is 2.62. The van der Waals surface area contributed by atoms with Gasteiger partial charge in [0, 0.05) is 46.8 Å². The summed E-state index contributed by atoms with van der Waals surface area (Å²) in [6, 6.07) is 11.6. The molecule has 2 aromatic rings. The Bertz CT molecular complexity index is 1570. The number of nitro groups is 2. The van der Waals surface area contributed by atoms with E-state index in [1.807, 2.05) is 27.7 Å². The van der Waals surface area contributed by atoms with E-state index in [0.29, 0.717) is 22.5 Å². The van der Waals surface area contributed by atoms with Crippen LogP contribution in [0.1, 0.15) is 50.8 Å². The Morgan fingerprint density at radius 1 is 1.17 bits per heavy atom. The van der Waals surface area contributed by atoms with E-state index in [0.717, 1.165) is 11.1 Å². The summed E-state index contributed by atoms with van der Waals surface area (Å²) in [4.78, 5) is 35.3. The molecule has 0 bridgehead atoms. The summed E-state index contributed by atoms with van der Waals surface area (Å²) in [6.45, 7) is 13.6. The molecule has 1 aliphatic rings. The van der Waals surface area contributed by atoms with Gasteiger partial charge in [0.1, 0.15) is 0 Å². The lowest BCUT2D eigenvalue weighted by atomic mass is 9.75. The van der Waals surface area contributed by atoms with E-state index in [2.05, 4.69) is 12.6 Å². The number of allylic oxidation sites excluding steroid dienone is 7. The Morgan fingerprint density at radius 2 is 1.85 bits per heavy atom. The highest BCUT2D eigenvalue weighted by atomic mass is 16.6. The number of rotatable bonds is 10. The van der Waals surface area contributed by atoms with Crippen LogP contribution in [0.4, 0.5) is 17.1 Å². The largest absolute Gasteiger partial charge is 0.481 e. The number of anilines is 1. The first-order valence-corrected chi connectivity index (χ1v) is 12.9. The standard InChI is InChI=1S/C31H32N4O6/c1-20-8-7-9-25(35(40)41)29(20)30(3,4)21(2)10-11-22(19-32)12-15-27-31(5,6)24-14-13-23(34(38)39)18-26(24)33(27)17-16-28(36)37/h7-15,18H,2,16-17H2,1,3-6H3,(H,36,37)/b11-10+,22-12-,27-15+. The van der Waals surface area contributed by atoms with Crippen molar-refractivity contribution in [2.45, 2.75) is 51.9 Å². The van der Waals surface area contributed by atoms with Gasteiger partial charge < -0.3 is 10.0 Å². The Kier molecular flexibility index (Phi) is 8.63. The fraction of sp³-hybridized carbons (Fsp3) is 0.290. The summed E-state index contributed by atoms with van der Waals surface area (Å²) in [7, 11) is 0. The Hall–Kier alpha value is -5.04. The second kappa shape index (κ2) is 11.6. The van der Waals surface area contributed by atoms with Crippen LogP contribution in [0.2, 0.25) is 0 Å². The lowest BCUT2D eigenvalue weighted by molar-refractivity contribution is -0.386. The number of nitrogens with zero attached hydrogens (tertiary/aromatic N) is 4. The predicted octanol–water partition coefficient (Wildman–Crippen LogP) is 6.81. The molecule has 0 saturated heterocycles. The van der Waals surface area contributed by atoms with Crippen LogP contribution in [0.15, 0.2) is 84.1 Å². The molecule has 0 spiro atoms. The summed E-state index contributed by atoms with van der Waals surface area (Å²) < 4.78 is 0. The van der Waals surface area contributed by atoms with Crippen molar-refractivity contribution in [1.29, 1.82) is 5.26 Å². The van der Waals surface area contributed by atoms with Gasteiger partial charge in [-0.1, -0.05) is 52.5 Å². The van der Waals surface area contributed by atoms with Crippen molar-refractivity contribution >= 4 is 23.0 Å². The molecule has 0 aromatic heterocycles. The average Bonchev–Trinajstić information content (AvgIpc) is 3.11. The van der Waals surface area contributed by atoms with E-state index in [9.17, 15) is 35.4 Å². The molecule has 0 unspecified atom stereocenters. The van der Waals surface area contributed by atoms with Crippen molar-refractivity contribution < 1.29 is 19.7 Å². The molecular weight excluding hydrogens is 524 g/mol. The molecule has 0 aliphatic carbocycles. The highest BCUT2D eigenvalue weighted by Crippen LogP contribution is 2.49. The van der Waals surface area contributed by atoms with Gasteiger partial charge in [0.25, 0.3) is 11.4 Å². The molecule has 0 radical (unpaired) electrons. The zero-order valence-corrected chi connectivity index (χ0v) is 23.7. The van der Waals surface area contributed by atoms with Gasteiger partial charge in [0.05, 0.1) is 33.6 Å². The molecule has 0 saturated carbocycles. The molecule has 2 aromatic carbocycles. The number of carboxylic acid groups (broad SMARTS) is 1. The highest BCUT2D eigenvalue weighted by molar-refractivity contribution is 5.75. The lowest BCUT2D eigenvalue weighted by Gasteiger charge is -2.27. The maximum Gasteiger partial charge on any atom is 0.305 e.